The summed E-state index contributed by atoms with van der Waals surface area (Å²) in [5, 5.41) is 11.2. The first-order valence-corrected chi connectivity index (χ1v) is 4.54. The molecule has 1 heterocycles. The number of aromatic nitrogens is 4. The molecule has 1 aromatic heterocycles. The Hall–Kier alpha value is -1.30. The van der Waals surface area contributed by atoms with Gasteiger partial charge in [0.1, 0.15) is 6.61 Å². The first-order valence-electron chi connectivity index (χ1n) is 4.54. The van der Waals surface area contributed by atoms with E-state index >= 15 is 0 Å². The molecule has 1 rings (SSSR count). The zero-order valence-electron chi connectivity index (χ0n) is 8.43. The van der Waals surface area contributed by atoms with Crippen LogP contribution in [-0.4, -0.2) is 39.2 Å². The van der Waals surface area contributed by atoms with Crippen molar-refractivity contribution in [1.29, 1.82) is 0 Å². The third kappa shape index (κ3) is 3.61. The summed E-state index contributed by atoms with van der Waals surface area (Å²) in [6, 6.07) is 0. The summed E-state index contributed by atoms with van der Waals surface area (Å²) in [4.78, 5) is 12.6. The Kier molecular flexibility index (Phi) is 4.18. The molecule has 0 amide bonds. The van der Waals surface area contributed by atoms with E-state index in [0.717, 1.165) is 6.42 Å². The van der Waals surface area contributed by atoms with Crippen molar-refractivity contribution in [2.75, 3.05) is 13.2 Å². The number of Topliss-reactive ketones (excluding diaryl/α,β-unsaturated/α-hetero) is 1. The minimum Gasteiger partial charge on any atom is -0.374 e. The molecule has 0 N–H and O–H groups in total. The smallest absolute Gasteiger partial charge is 0.182 e. The summed E-state index contributed by atoms with van der Waals surface area (Å²) in [5.74, 6) is 0.420. The van der Waals surface area contributed by atoms with Gasteiger partial charge in [-0.15, -0.1) is 10.2 Å². The van der Waals surface area contributed by atoms with Gasteiger partial charge in [-0.1, -0.05) is 6.92 Å². The van der Waals surface area contributed by atoms with Crippen LogP contribution in [0.15, 0.2) is 0 Å². The van der Waals surface area contributed by atoms with Crippen molar-refractivity contribution in [3.05, 3.63) is 5.82 Å². The SMILES string of the molecule is CCCOCC(=O)Cc1nnn(C)n1. The van der Waals surface area contributed by atoms with Crippen LogP contribution in [0, 0.1) is 0 Å². The van der Waals surface area contributed by atoms with E-state index in [-0.39, 0.29) is 18.8 Å². The predicted octanol–water partition coefficient (Wildman–Crippen LogP) is -0.252. The highest BCUT2D eigenvalue weighted by Gasteiger charge is 2.07. The third-order valence-corrected chi connectivity index (χ3v) is 1.52. The quantitative estimate of drug-likeness (QED) is 0.589. The topological polar surface area (TPSA) is 69.9 Å². The summed E-state index contributed by atoms with van der Waals surface area (Å²) in [7, 11) is 1.66. The first kappa shape index (κ1) is 10.8. The number of tetrazole rings is 1. The second-order valence-electron chi connectivity index (χ2n) is 2.96. The standard InChI is InChI=1S/C8H14N4O2/c1-3-4-14-6-7(13)5-8-9-11-12(2)10-8/h3-6H2,1-2H3. The maximum atomic E-state index is 11.3. The Labute approximate surface area is 82.2 Å². The molecular weight excluding hydrogens is 184 g/mol. The fraction of sp³-hybridized carbons (Fsp3) is 0.750. The van der Waals surface area contributed by atoms with E-state index in [1.54, 1.807) is 7.05 Å². The van der Waals surface area contributed by atoms with Gasteiger partial charge < -0.3 is 4.74 Å². The summed E-state index contributed by atoms with van der Waals surface area (Å²) < 4.78 is 5.09. The van der Waals surface area contributed by atoms with Gasteiger partial charge >= 0.3 is 0 Å². The van der Waals surface area contributed by atoms with Crippen molar-refractivity contribution in [2.45, 2.75) is 19.8 Å². The van der Waals surface area contributed by atoms with Crippen LogP contribution >= 0.6 is 0 Å². The number of nitrogens with zero attached hydrogens (tertiary/aromatic N) is 4. The largest absolute Gasteiger partial charge is 0.374 e. The van der Waals surface area contributed by atoms with Crippen molar-refractivity contribution >= 4 is 5.78 Å². The van der Waals surface area contributed by atoms with E-state index < -0.39 is 0 Å². The summed E-state index contributed by atoms with van der Waals surface area (Å²) in [6.45, 7) is 2.74. The van der Waals surface area contributed by atoms with E-state index in [4.69, 9.17) is 4.74 Å². The van der Waals surface area contributed by atoms with Crippen molar-refractivity contribution in [3.8, 4) is 0 Å². The Morgan fingerprint density at radius 3 is 2.93 bits per heavy atom. The van der Waals surface area contributed by atoms with E-state index in [2.05, 4.69) is 15.4 Å². The number of hydrogen-bond acceptors (Lipinski definition) is 5. The Balaban J connectivity index is 2.27. The maximum absolute atomic E-state index is 11.3. The van der Waals surface area contributed by atoms with Crippen LogP contribution in [0.25, 0.3) is 0 Å². The fourth-order valence-electron chi connectivity index (χ4n) is 0.952. The van der Waals surface area contributed by atoms with Crippen LogP contribution < -0.4 is 0 Å². The van der Waals surface area contributed by atoms with Gasteiger partial charge in [0.05, 0.1) is 13.5 Å². The highest BCUT2D eigenvalue weighted by Crippen LogP contribution is 1.90. The molecule has 14 heavy (non-hydrogen) atoms. The van der Waals surface area contributed by atoms with Crippen LogP contribution in [0.2, 0.25) is 0 Å². The Morgan fingerprint density at radius 1 is 1.57 bits per heavy atom. The summed E-state index contributed by atoms with van der Waals surface area (Å²) in [5.41, 5.74) is 0. The molecule has 0 radical (unpaired) electrons. The lowest BCUT2D eigenvalue weighted by Crippen LogP contribution is -2.13. The zero-order valence-corrected chi connectivity index (χ0v) is 8.43. The molecule has 6 heteroatoms. The van der Waals surface area contributed by atoms with Crippen LogP contribution in [0.1, 0.15) is 19.2 Å². The fourth-order valence-corrected chi connectivity index (χ4v) is 0.952. The van der Waals surface area contributed by atoms with E-state index in [1.165, 1.54) is 4.80 Å². The number of rotatable bonds is 6. The molecule has 0 atom stereocenters. The number of ether oxygens (including phenoxy) is 1. The molecule has 0 saturated carbocycles. The lowest BCUT2D eigenvalue weighted by atomic mass is 10.3. The molecule has 1 aromatic rings. The molecule has 0 saturated heterocycles. The van der Waals surface area contributed by atoms with Crippen molar-refractivity contribution < 1.29 is 9.53 Å². The molecule has 0 fully saturated rings. The van der Waals surface area contributed by atoms with E-state index in [9.17, 15) is 4.79 Å². The lowest BCUT2D eigenvalue weighted by molar-refractivity contribution is -0.123. The molecule has 0 aliphatic rings. The van der Waals surface area contributed by atoms with Gasteiger partial charge in [-0.25, -0.2) is 0 Å². The molecule has 0 bridgehead atoms. The van der Waals surface area contributed by atoms with Crippen molar-refractivity contribution in [3.63, 3.8) is 0 Å². The number of carbonyl (C=O) groups excluding carboxylic acids is 1. The second-order valence-corrected chi connectivity index (χ2v) is 2.96. The Morgan fingerprint density at radius 2 is 2.36 bits per heavy atom. The highest BCUT2D eigenvalue weighted by atomic mass is 16.5. The van der Waals surface area contributed by atoms with E-state index in [1.807, 2.05) is 6.92 Å². The Bertz CT molecular complexity index is 297. The highest BCUT2D eigenvalue weighted by molar-refractivity contribution is 5.81. The minimum atomic E-state index is -0.0218. The van der Waals surface area contributed by atoms with Crippen molar-refractivity contribution in [2.24, 2.45) is 7.05 Å². The lowest BCUT2D eigenvalue weighted by Gasteiger charge is -1.98. The van der Waals surface area contributed by atoms with Crippen molar-refractivity contribution in [1.82, 2.24) is 20.2 Å². The van der Waals surface area contributed by atoms with Crippen LogP contribution in [0.5, 0.6) is 0 Å². The van der Waals surface area contributed by atoms with Gasteiger partial charge in [0.25, 0.3) is 0 Å². The average molecular weight is 198 g/mol. The van der Waals surface area contributed by atoms with Gasteiger partial charge in [-0.3, -0.25) is 4.79 Å². The molecule has 78 valence electrons. The van der Waals surface area contributed by atoms with Crippen LogP contribution in [-0.2, 0) is 23.0 Å². The molecule has 0 aliphatic heterocycles. The monoisotopic (exact) mass is 198 g/mol. The van der Waals surface area contributed by atoms with E-state index in [0.29, 0.717) is 12.4 Å². The van der Waals surface area contributed by atoms with Gasteiger partial charge in [0.2, 0.25) is 0 Å². The molecule has 0 unspecified atom stereocenters. The molecule has 0 aromatic carbocycles. The second kappa shape index (κ2) is 5.43. The third-order valence-electron chi connectivity index (χ3n) is 1.52. The predicted molar refractivity (Wildman–Crippen MR) is 48.6 cm³/mol. The summed E-state index contributed by atoms with van der Waals surface area (Å²) in [6.07, 6.45) is 1.11. The molecule has 6 nitrogen and oxygen atoms in total. The molecule has 0 aliphatic carbocycles. The van der Waals surface area contributed by atoms with Crippen LogP contribution in [0.3, 0.4) is 0 Å². The van der Waals surface area contributed by atoms with Gasteiger partial charge in [-0.2, -0.15) is 4.80 Å². The average Bonchev–Trinajstić information content (AvgIpc) is 2.52. The minimum absolute atomic E-state index is 0.0218. The number of ketones is 1. The normalized spacial score (nSPS) is 10.4. The van der Waals surface area contributed by atoms with Crippen LogP contribution in [0.4, 0.5) is 0 Å². The zero-order chi connectivity index (χ0) is 10.4. The molecule has 0 spiro atoms. The summed E-state index contributed by atoms with van der Waals surface area (Å²) >= 11 is 0. The van der Waals surface area contributed by atoms with Gasteiger partial charge in [-0.05, 0) is 11.6 Å². The number of hydrogen-bond donors (Lipinski definition) is 0. The number of carbonyl (C=O) groups is 1. The first-order chi connectivity index (χ1) is 6.72. The molecular formula is C8H14N4O2. The van der Waals surface area contributed by atoms with Gasteiger partial charge in [0.15, 0.2) is 11.6 Å². The maximum Gasteiger partial charge on any atom is 0.182 e. The number of aryl methyl sites for hydroxylation is 1. The van der Waals surface area contributed by atoms with Gasteiger partial charge in [0, 0.05) is 6.61 Å².